The third-order valence-corrected chi connectivity index (χ3v) is 6.12. The van der Waals surface area contributed by atoms with Crippen LogP contribution < -0.4 is 10.1 Å². The highest BCUT2D eigenvalue weighted by Crippen LogP contribution is 2.59. The number of nitrogens with one attached hydrogen (secondary N) is 1. The molecule has 1 aromatic carbocycles. The van der Waals surface area contributed by atoms with Crippen molar-refractivity contribution in [3.8, 4) is 5.75 Å². The number of hydrogen-bond donors (Lipinski definition) is 1. The van der Waals surface area contributed by atoms with E-state index in [9.17, 15) is 0 Å². The first-order valence-corrected chi connectivity index (χ1v) is 8.85. The molecule has 2 heteroatoms. The Kier molecular flexibility index (Phi) is 3.56. The lowest BCUT2D eigenvalue weighted by Gasteiger charge is -2.33. The van der Waals surface area contributed by atoms with Gasteiger partial charge in [-0.2, -0.15) is 0 Å². The van der Waals surface area contributed by atoms with Crippen LogP contribution in [0.3, 0.4) is 0 Å². The van der Waals surface area contributed by atoms with Crippen LogP contribution in [-0.2, 0) is 0 Å². The maximum absolute atomic E-state index is 5.90. The van der Waals surface area contributed by atoms with Crippen molar-refractivity contribution in [2.75, 3.05) is 11.9 Å². The fourth-order valence-corrected chi connectivity index (χ4v) is 5.36. The summed E-state index contributed by atoms with van der Waals surface area (Å²) in [5, 5.41) is 3.84. The molecule has 3 fully saturated rings. The van der Waals surface area contributed by atoms with Crippen LogP contribution in [0.2, 0.25) is 0 Å². The number of anilines is 1. The molecule has 2 nitrogen and oxygen atoms in total. The smallest absolute Gasteiger partial charge is 0.142 e. The van der Waals surface area contributed by atoms with Gasteiger partial charge in [0.1, 0.15) is 5.75 Å². The van der Waals surface area contributed by atoms with Gasteiger partial charge in [0.15, 0.2) is 0 Å². The van der Waals surface area contributed by atoms with Crippen molar-refractivity contribution in [1.82, 2.24) is 0 Å². The quantitative estimate of drug-likeness (QED) is 0.845. The Labute approximate surface area is 128 Å². The van der Waals surface area contributed by atoms with E-state index in [1.807, 2.05) is 0 Å². The minimum absolute atomic E-state index is 0.681. The van der Waals surface area contributed by atoms with Gasteiger partial charge in [0, 0.05) is 6.04 Å². The van der Waals surface area contributed by atoms with Crippen molar-refractivity contribution >= 4 is 5.69 Å². The van der Waals surface area contributed by atoms with Crippen molar-refractivity contribution < 1.29 is 4.74 Å². The highest BCUT2D eigenvalue weighted by molar-refractivity contribution is 5.57. The Balaban J connectivity index is 1.47. The van der Waals surface area contributed by atoms with Gasteiger partial charge >= 0.3 is 0 Å². The van der Waals surface area contributed by atoms with E-state index in [1.165, 1.54) is 37.8 Å². The summed E-state index contributed by atoms with van der Waals surface area (Å²) < 4.78 is 5.90. The predicted octanol–water partition coefficient (Wildman–Crippen LogP) is 4.71. The van der Waals surface area contributed by atoms with Crippen molar-refractivity contribution in [2.24, 2.45) is 23.7 Å². The van der Waals surface area contributed by atoms with E-state index in [-0.39, 0.29) is 0 Å². The first-order valence-electron chi connectivity index (χ1n) is 8.85. The zero-order chi connectivity index (χ0) is 14.2. The maximum atomic E-state index is 5.90. The van der Waals surface area contributed by atoms with Gasteiger partial charge in [0.25, 0.3) is 0 Å². The topological polar surface area (TPSA) is 21.3 Å². The van der Waals surface area contributed by atoms with E-state index in [0.29, 0.717) is 6.04 Å². The van der Waals surface area contributed by atoms with Gasteiger partial charge < -0.3 is 10.1 Å². The third-order valence-electron chi connectivity index (χ3n) is 6.12. The van der Waals surface area contributed by atoms with Gasteiger partial charge in [-0.1, -0.05) is 25.5 Å². The lowest BCUT2D eigenvalue weighted by atomic mass is 9.79. The molecule has 1 aromatic rings. The summed E-state index contributed by atoms with van der Waals surface area (Å²) in [7, 11) is 0. The van der Waals surface area contributed by atoms with E-state index in [0.717, 1.165) is 42.4 Å². The van der Waals surface area contributed by atoms with E-state index in [4.69, 9.17) is 4.74 Å². The molecule has 0 amide bonds. The van der Waals surface area contributed by atoms with E-state index >= 15 is 0 Å². The van der Waals surface area contributed by atoms with Crippen LogP contribution in [0.25, 0.3) is 0 Å². The fraction of sp³-hybridized carbons (Fsp3) is 0.684. The van der Waals surface area contributed by atoms with Gasteiger partial charge in [-0.3, -0.25) is 0 Å². The number of rotatable bonds is 5. The second-order valence-electron chi connectivity index (χ2n) is 7.25. The average molecular weight is 285 g/mol. The zero-order valence-corrected chi connectivity index (χ0v) is 13.1. The van der Waals surface area contributed by atoms with Crippen LogP contribution in [0.1, 0.15) is 45.4 Å². The van der Waals surface area contributed by atoms with Crippen molar-refractivity contribution in [1.29, 1.82) is 0 Å². The summed E-state index contributed by atoms with van der Waals surface area (Å²) in [6.45, 7) is 2.96. The fourth-order valence-electron chi connectivity index (χ4n) is 5.36. The van der Waals surface area contributed by atoms with Gasteiger partial charge in [0.2, 0.25) is 0 Å². The molecule has 3 saturated carbocycles. The van der Waals surface area contributed by atoms with Gasteiger partial charge in [-0.25, -0.2) is 0 Å². The summed E-state index contributed by atoms with van der Waals surface area (Å²) in [6, 6.07) is 9.16. The second kappa shape index (κ2) is 5.55. The zero-order valence-electron chi connectivity index (χ0n) is 13.1. The molecule has 5 atom stereocenters. The van der Waals surface area contributed by atoms with Crippen LogP contribution in [0.15, 0.2) is 24.3 Å². The van der Waals surface area contributed by atoms with Crippen LogP contribution >= 0.6 is 0 Å². The standard InChI is InChI=1S/C19H27NO/c1-2-10-21-19-9-4-3-8-17(19)20-18-12-13-11-16(18)15-7-5-6-14(13)15/h3-4,8-9,13-16,18,20H,2,5-7,10-12H2,1H3. The monoisotopic (exact) mass is 285 g/mol. The minimum atomic E-state index is 0.681. The number of hydrogen-bond acceptors (Lipinski definition) is 2. The molecule has 114 valence electrons. The Morgan fingerprint density at radius 2 is 1.95 bits per heavy atom. The van der Waals surface area contributed by atoms with E-state index in [2.05, 4.69) is 36.5 Å². The van der Waals surface area contributed by atoms with Gasteiger partial charge in [-0.15, -0.1) is 0 Å². The van der Waals surface area contributed by atoms with Crippen molar-refractivity contribution in [3.63, 3.8) is 0 Å². The first-order chi connectivity index (χ1) is 10.4. The highest BCUT2D eigenvalue weighted by Gasteiger charge is 2.53. The third kappa shape index (κ3) is 2.33. The van der Waals surface area contributed by atoms with Crippen molar-refractivity contribution in [3.05, 3.63) is 24.3 Å². The highest BCUT2D eigenvalue weighted by atomic mass is 16.5. The molecule has 0 spiro atoms. The summed E-state index contributed by atoms with van der Waals surface area (Å²) >= 11 is 0. The molecule has 0 radical (unpaired) electrons. The molecule has 4 rings (SSSR count). The molecule has 3 aliphatic carbocycles. The van der Waals surface area contributed by atoms with Gasteiger partial charge in [-0.05, 0) is 67.9 Å². The number of ether oxygens (including phenoxy) is 1. The molecule has 0 heterocycles. The van der Waals surface area contributed by atoms with E-state index < -0.39 is 0 Å². The average Bonchev–Trinajstić information content (AvgIpc) is 3.18. The molecule has 1 N–H and O–H groups in total. The number of benzene rings is 1. The maximum Gasteiger partial charge on any atom is 0.142 e. The van der Waals surface area contributed by atoms with E-state index in [1.54, 1.807) is 0 Å². The van der Waals surface area contributed by atoms with Crippen LogP contribution in [0.4, 0.5) is 5.69 Å². The van der Waals surface area contributed by atoms with Gasteiger partial charge in [0.05, 0.1) is 12.3 Å². The Hall–Kier alpha value is -1.18. The first kappa shape index (κ1) is 13.5. The normalized spacial score (nSPS) is 36.7. The molecule has 5 unspecified atom stereocenters. The summed E-state index contributed by atoms with van der Waals surface area (Å²) in [5.74, 6) is 5.04. The molecular weight excluding hydrogens is 258 g/mol. The van der Waals surface area contributed by atoms with Crippen LogP contribution in [0, 0.1) is 23.7 Å². The molecule has 3 aliphatic rings. The lowest BCUT2D eigenvalue weighted by molar-refractivity contribution is 0.242. The van der Waals surface area contributed by atoms with Crippen molar-refractivity contribution in [2.45, 2.75) is 51.5 Å². The number of fused-ring (bicyclic) bond motifs is 5. The largest absolute Gasteiger partial charge is 0.491 e. The summed E-state index contributed by atoms with van der Waals surface area (Å²) in [6.07, 6.45) is 8.39. The molecule has 2 bridgehead atoms. The molecule has 0 aromatic heterocycles. The Bertz CT molecular complexity index is 500. The summed E-state index contributed by atoms with van der Waals surface area (Å²) in [5.41, 5.74) is 1.21. The molecular formula is C19H27NO. The molecule has 0 saturated heterocycles. The Morgan fingerprint density at radius 1 is 1.10 bits per heavy atom. The lowest BCUT2D eigenvalue weighted by Crippen LogP contribution is -2.34. The van der Waals surface area contributed by atoms with Crippen LogP contribution in [-0.4, -0.2) is 12.6 Å². The molecule has 21 heavy (non-hydrogen) atoms. The Morgan fingerprint density at radius 3 is 2.86 bits per heavy atom. The SMILES string of the molecule is CCCOc1ccccc1NC1CC2CC1C1CCCC21. The second-order valence-corrected chi connectivity index (χ2v) is 7.25. The summed E-state index contributed by atoms with van der Waals surface area (Å²) in [4.78, 5) is 0. The molecule has 0 aliphatic heterocycles. The van der Waals surface area contributed by atoms with Crippen LogP contribution in [0.5, 0.6) is 5.75 Å². The predicted molar refractivity (Wildman–Crippen MR) is 86.7 cm³/mol. The minimum Gasteiger partial charge on any atom is -0.491 e. The number of para-hydroxylation sites is 2.